The molecule has 0 amide bonds. The van der Waals surface area contributed by atoms with E-state index in [1.165, 1.54) is 5.56 Å². The molecule has 98 valence electrons. The van der Waals surface area contributed by atoms with Gasteiger partial charge in [0.25, 0.3) is 0 Å². The molecule has 0 aliphatic heterocycles. The van der Waals surface area contributed by atoms with Crippen LogP contribution in [0.2, 0.25) is 0 Å². The summed E-state index contributed by atoms with van der Waals surface area (Å²) in [4.78, 5) is 6.65. The summed E-state index contributed by atoms with van der Waals surface area (Å²) in [5.74, 6) is 1.12. The number of hydrogen-bond acceptors (Lipinski definition) is 3. The van der Waals surface area contributed by atoms with Gasteiger partial charge in [-0.3, -0.25) is 0 Å². The molecule has 0 fully saturated rings. The number of alkyl halides is 1. The minimum atomic E-state index is 0.443. The lowest BCUT2D eigenvalue weighted by atomic mass is 10.2. The second-order valence-electron chi connectivity index (χ2n) is 4.75. The fourth-order valence-electron chi connectivity index (χ4n) is 2.11. The Balaban J connectivity index is 2.45. The van der Waals surface area contributed by atoms with E-state index < -0.39 is 0 Å². The molecule has 4 nitrogen and oxygen atoms in total. The Labute approximate surface area is 116 Å². The van der Waals surface area contributed by atoms with Crippen molar-refractivity contribution in [2.45, 2.75) is 33.2 Å². The van der Waals surface area contributed by atoms with Crippen LogP contribution in [-0.4, -0.2) is 32.5 Å². The Bertz CT molecular complexity index is 521. The molecule has 0 aliphatic rings. The van der Waals surface area contributed by atoms with Crippen LogP contribution >= 0.6 is 15.9 Å². The SMILES string of the molecule is Cc1cc(N(CCCBr)C(C)C)n2ncnc2c1. The lowest BCUT2D eigenvalue weighted by Gasteiger charge is -2.29. The van der Waals surface area contributed by atoms with Crippen molar-refractivity contribution in [2.24, 2.45) is 0 Å². The van der Waals surface area contributed by atoms with Crippen molar-refractivity contribution < 1.29 is 0 Å². The smallest absolute Gasteiger partial charge is 0.157 e. The van der Waals surface area contributed by atoms with Gasteiger partial charge in [0.15, 0.2) is 5.65 Å². The van der Waals surface area contributed by atoms with E-state index in [0.717, 1.165) is 29.8 Å². The van der Waals surface area contributed by atoms with Gasteiger partial charge in [0, 0.05) is 17.9 Å². The Kier molecular flexibility index (Phi) is 4.22. The Hall–Kier alpha value is -1.10. The minimum Gasteiger partial charge on any atom is -0.354 e. The topological polar surface area (TPSA) is 33.4 Å². The number of pyridine rings is 1. The monoisotopic (exact) mass is 310 g/mol. The van der Waals surface area contributed by atoms with Gasteiger partial charge in [-0.1, -0.05) is 15.9 Å². The third kappa shape index (κ3) is 2.66. The van der Waals surface area contributed by atoms with E-state index in [0.29, 0.717) is 6.04 Å². The molecule has 0 radical (unpaired) electrons. The fraction of sp³-hybridized carbons (Fsp3) is 0.538. The predicted octanol–water partition coefficient (Wildman–Crippen LogP) is 3.04. The van der Waals surface area contributed by atoms with Gasteiger partial charge in [-0.05, 0) is 44.9 Å². The van der Waals surface area contributed by atoms with E-state index in [4.69, 9.17) is 0 Å². The average molecular weight is 311 g/mol. The van der Waals surface area contributed by atoms with Crippen molar-refractivity contribution in [2.75, 3.05) is 16.8 Å². The summed E-state index contributed by atoms with van der Waals surface area (Å²) >= 11 is 3.49. The number of nitrogens with zero attached hydrogens (tertiary/aromatic N) is 4. The van der Waals surface area contributed by atoms with Gasteiger partial charge < -0.3 is 4.90 Å². The van der Waals surface area contributed by atoms with Gasteiger partial charge in [-0.2, -0.15) is 9.61 Å². The van der Waals surface area contributed by atoms with Crippen LogP contribution in [-0.2, 0) is 0 Å². The van der Waals surface area contributed by atoms with E-state index in [9.17, 15) is 0 Å². The van der Waals surface area contributed by atoms with Crippen molar-refractivity contribution in [3.63, 3.8) is 0 Å². The zero-order chi connectivity index (χ0) is 13.1. The molecule has 0 aliphatic carbocycles. The standard InChI is InChI=1S/C13H19BrN4/c1-10(2)17(6-4-5-14)13-8-11(3)7-12-15-9-16-18(12)13/h7-10H,4-6H2,1-3H3. The molecular formula is C13H19BrN4. The minimum absolute atomic E-state index is 0.443. The molecule has 18 heavy (non-hydrogen) atoms. The van der Waals surface area contributed by atoms with Crippen molar-refractivity contribution >= 4 is 27.4 Å². The molecule has 0 aromatic carbocycles. The zero-order valence-electron chi connectivity index (χ0n) is 11.1. The number of aryl methyl sites for hydroxylation is 1. The van der Waals surface area contributed by atoms with Gasteiger partial charge in [0.2, 0.25) is 0 Å². The third-order valence-electron chi connectivity index (χ3n) is 2.95. The molecule has 0 N–H and O–H groups in total. The van der Waals surface area contributed by atoms with Gasteiger partial charge in [-0.25, -0.2) is 4.98 Å². The molecule has 0 bridgehead atoms. The summed E-state index contributed by atoms with van der Waals surface area (Å²) in [6.45, 7) is 7.53. The quantitative estimate of drug-likeness (QED) is 0.796. The molecule has 0 saturated heterocycles. The highest BCUT2D eigenvalue weighted by Gasteiger charge is 2.14. The van der Waals surface area contributed by atoms with Gasteiger partial charge >= 0.3 is 0 Å². The Morgan fingerprint density at radius 2 is 2.17 bits per heavy atom. The number of anilines is 1. The van der Waals surface area contributed by atoms with E-state index in [1.807, 2.05) is 4.52 Å². The predicted molar refractivity (Wildman–Crippen MR) is 78.6 cm³/mol. The van der Waals surface area contributed by atoms with Crippen LogP contribution in [0, 0.1) is 6.92 Å². The lowest BCUT2D eigenvalue weighted by Crippen LogP contribution is -2.33. The van der Waals surface area contributed by atoms with Crippen LogP contribution in [0.25, 0.3) is 5.65 Å². The van der Waals surface area contributed by atoms with E-state index in [2.05, 4.69) is 63.8 Å². The molecule has 2 aromatic heterocycles. The molecule has 0 atom stereocenters. The van der Waals surface area contributed by atoms with Crippen molar-refractivity contribution in [1.82, 2.24) is 14.6 Å². The van der Waals surface area contributed by atoms with Crippen molar-refractivity contribution in [3.8, 4) is 0 Å². The summed E-state index contributed by atoms with van der Waals surface area (Å²) in [5, 5.41) is 5.34. The first kappa shape index (κ1) is 13.3. The van der Waals surface area contributed by atoms with Crippen LogP contribution < -0.4 is 4.90 Å². The van der Waals surface area contributed by atoms with Gasteiger partial charge in [0.1, 0.15) is 12.1 Å². The van der Waals surface area contributed by atoms with Crippen LogP contribution in [0.4, 0.5) is 5.82 Å². The number of halogens is 1. The zero-order valence-corrected chi connectivity index (χ0v) is 12.7. The molecule has 5 heteroatoms. The number of rotatable bonds is 5. The summed E-state index contributed by atoms with van der Waals surface area (Å²) in [7, 11) is 0. The van der Waals surface area contributed by atoms with Crippen LogP contribution in [0.15, 0.2) is 18.5 Å². The van der Waals surface area contributed by atoms with E-state index in [-0.39, 0.29) is 0 Å². The second-order valence-corrected chi connectivity index (χ2v) is 5.54. The van der Waals surface area contributed by atoms with Crippen molar-refractivity contribution in [3.05, 3.63) is 24.0 Å². The average Bonchev–Trinajstić information content (AvgIpc) is 2.76. The number of fused-ring (bicyclic) bond motifs is 1. The second kappa shape index (κ2) is 5.69. The Morgan fingerprint density at radius 1 is 1.39 bits per heavy atom. The first-order valence-electron chi connectivity index (χ1n) is 6.26. The lowest BCUT2D eigenvalue weighted by molar-refractivity contribution is 0.653. The Morgan fingerprint density at radius 3 is 2.83 bits per heavy atom. The van der Waals surface area contributed by atoms with Gasteiger partial charge in [-0.15, -0.1) is 0 Å². The summed E-state index contributed by atoms with van der Waals surface area (Å²) in [5.41, 5.74) is 2.13. The maximum absolute atomic E-state index is 4.32. The molecular weight excluding hydrogens is 292 g/mol. The molecule has 0 unspecified atom stereocenters. The maximum Gasteiger partial charge on any atom is 0.157 e. The molecule has 2 heterocycles. The van der Waals surface area contributed by atoms with Crippen LogP contribution in [0.3, 0.4) is 0 Å². The van der Waals surface area contributed by atoms with Crippen LogP contribution in [0.5, 0.6) is 0 Å². The maximum atomic E-state index is 4.32. The molecule has 0 spiro atoms. The highest BCUT2D eigenvalue weighted by Crippen LogP contribution is 2.20. The summed E-state index contributed by atoms with van der Waals surface area (Å²) < 4.78 is 1.92. The largest absolute Gasteiger partial charge is 0.354 e. The highest BCUT2D eigenvalue weighted by molar-refractivity contribution is 9.09. The third-order valence-corrected chi connectivity index (χ3v) is 3.52. The molecule has 2 aromatic rings. The normalized spacial score (nSPS) is 11.4. The fourth-order valence-corrected chi connectivity index (χ4v) is 2.36. The number of hydrogen-bond donors (Lipinski definition) is 0. The first-order chi connectivity index (χ1) is 8.63. The van der Waals surface area contributed by atoms with E-state index >= 15 is 0 Å². The van der Waals surface area contributed by atoms with Crippen LogP contribution in [0.1, 0.15) is 25.8 Å². The van der Waals surface area contributed by atoms with Gasteiger partial charge in [0.05, 0.1) is 0 Å². The summed E-state index contributed by atoms with van der Waals surface area (Å²) in [6.07, 6.45) is 2.73. The summed E-state index contributed by atoms with van der Waals surface area (Å²) in [6, 6.07) is 4.67. The highest BCUT2D eigenvalue weighted by atomic mass is 79.9. The van der Waals surface area contributed by atoms with E-state index in [1.54, 1.807) is 6.33 Å². The van der Waals surface area contributed by atoms with Crippen molar-refractivity contribution in [1.29, 1.82) is 0 Å². The molecule has 2 rings (SSSR count). The number of aromatic nitrogens is 3. The first-order valence-corrected chi connectivity index (χ1v) is 7.38. The molecule has 0 saturated carbocycles.